The molecule has 1 aliphatic rings. The van der Waals surface area contributed by atoms with Crippen LogP contribution in [0.5, 0.6) is 0 Å². The predicted molar refractivity (Wildman–Crippen MR) is 55.2 cm³/mol. The molecule has 0 saturated carbocycles. The highest BCUT2D eigenvalue weighted by atomic mass is 35.5. The Morgan fingerprint density at radius 1 is 1.38 bits per heavy atom. The standard InChI is InChI=1S/C10H13ClN2/c11-7-9-3-4-12-8-10(9)13-5-1-2-6-13/h3-4,8H,1-2,5-7H2. The molecule has 13 heavy (non-hydrogen) atoms. The molecule has 0 spiro atoms. The van der Waals surface area contributed by atoms with E-state index in [-0.39, 0.29) is 0 Å². The smallest absolute Gasteiger partial charge is 0.0597 e. The van der Waals surface area contributed by atoms with Crippen molar-refractivity contribution in [1.29, 1.82) is 0 Å². The first-order valence-electron chi connectivity index (χ1n) is 4.65. The summed E-state index contributed by atoms with van der Waals surface area (Å²) < 4.78 is 0. The van der Waals surface area contributed by atoms with Crippen molar-refractivity contribution >= 4 is 17.3 Å². The zero-order valence-electron chi connectivity index (χ0n) is 7.54. The van der Waals surface area contributed by atoms with Crippen molar-refractivity contribution in [3.63, 3.8) is 0 Å². The topological polar surface area (TPSA) is 16.1 Å². The van der Waals surface area contributed by atoms with Crippen molar-refractivity contribution in [3.05, 3.63) is 24.0 Å². The molecule has 0 atom stereocenters. The lowest BCUT2D eigenvalue weighted by molar-refractivity contribution is 0.949. The molecule has 2 heterocycles. The van der Waals surface area contributed by atoms with Gasteiger partial charge in [0.25, 0.3) is 0 Å². The first-order valence-corrected chi connectivity index (χ1v) is 5.19. The quantitative estimate of drug-likeness (QED) is 0.676. The molecule has 0 unspecified atom stereocenters. The van der Waals surface area contributed by atoms with Gasteiger partial charge in [0.1, 0.15) is 0 Å². The van der Waals surface area contributed by atoms with Crippen molar-refractivity contribution in [2.75, 3.05) is 18.0 Å². The second kappa shape index (κ2) is 3.97. The highest BCUT2D eigenvalue weighted by Gasteiger charge is 2.14. The van der Waals surface area contributed by atoms with E-state index in [1.807, 2.05) is 12.3 Å². The molecule has 0 aromatic carbocycles. The number of hydrogen-bond donors (Lipinski definition) is 0. The zero-order valence-corrected chi connectivity index (χ0v) is 8.30. The summed E-state index contributed by atoms with van der Waals surface area (Å²) in [5.74, 6) is 0.578. The lowest BCUT2D eigenvalue weighted by Gasteiger charge is -2.19. The summed E-state index contributed by atoms with van der Waals surface area (Å²) >= 11 is 5.86. The summed E-state index contributed by atoms with van der Waals surface area (Å²) in [6.07, 6.45) is 6.30. The first kappa shape index (κ1) is 8.82. The Bertz CT molecular complexity index is 282. The fraction of sp³-hybridized carbons (Fsp3) is 0.500. The minimum absolute atomic E-state index is 0.578. The monoisotopic (exact) mass is 196 g/mol. The average Bonchev–Trinajstić information content (AvgIpc) is 2.70. The van der Waals surface area contributed by atoms with Crippen LogP contribution in [0.2, 0.25) is 0 Å². The highest BCUT2D eigenvalue weighted by Crippen LogP contribution is 2.24. The third-order valence-electron chi connectivity index (χ3n) is 2.48. The van der Waals surface area contributed by atoms with Crippen LogP contribution < -0.4 is 4.90 Å². The minimum Gasteiger partial charge on any atom is -0.370 e. The number of halogens is 1. The normalized spacial score (nSPS) is 16.5. The van der Waals surface area contributed by atoms with E-state index in [1.165, 1.54) is 24.1 Å². The SMILES string of the molecule is ClCc1ccncc1N1CCCC1. The van der Waals surface area contributed by atoms with Crippen LogP contribution in [0.4, 0.5) is 5.69 Å². The van der Waals surface area contributed by atoms with Crippen molar-refractivity contribution in [2.45, 2.75) is 18.7 Å². The summed E-state index contributed by atoms with van der Waals surface area (Å²) in [5, 5.41) is 0. The van der Waals surface area contributed by atoms with Crippen molar-refractivity contribution in [1.82, 2.24) is 4.98 Å². The minimum atomic E-state index is 0.578. The largest absolute Gasteiger partial charge is 0.370 e. The molecule has 0 amide bonds. The number of rotatable bonds is 2. The molecule has 1 aromatic heterocycles. The third-order valence-corrected chi connectivity index (χ3v) is 2.77. The average molecular weight is 197 g/mol. The van der Waals surface area contributed by atoms with Gasteiger partial charge in [-0.05, 0) is 24.5 Å². The van der Waals surface area contributed by atoms with Crippen LogP contribution in [0, 0.1) is 0 Å². The Morgan fingerprint density at radius 3 is 2.85 bits per heavy atom. The zero-order chi connectivity index (χ0) is 9.10. The Labute approximate surface area is 83.5 Å². The Kier molecular flexibility index (Phi) is 2.69. The summed E-state index contributed by atoms with van der Waals surface area (Å²) in [4.78, 5) is 6.50. The van der Waals surface area contributed by atoms with Gasteiger partial charge in [-0.25, -0.2) is 0 Å². The summed E-state index contributed by atoms with van der Waals surface area (Å²) in [5.41, 5.74) is 2.41. The van der Waals surface area contributed by atoms with Gasteiger partial charge in [-0.3, -0.25) is 4.98 Å². The first-order chi connectivity index (χ1) is 6.42. The van der Waals surface area contributed by atoms with E-state index in [9.17, 15) is 0 Å². The molecule has 1 saturated heterocycles. The van der Waals surface area contributed by atoms with Crippen LogP contribution in [-0.2, 0) is 5.88 Å². The number of anilines is 1. The molecule has 2 rings (SSSR count). The summed E-state index contributed by atoms with van der Waals surface area (Å²) in [7, 11) is 0. The molecule has 0 radical (unpaired) electrons. The Balaban J connectivity index is 2.26. The fourth-order valence-electron chi connectivity index (χ4n) is 1.77. The molecule has 70 valence electrons. The van der Waals surface area contributed by atoms with Gasteiger partial charge in [0, 0.05) is 25.2 Å². The second-order valence-electron chi connectivity index (χ2n) is 3.33. The van der Waals surface area contributed by atoms with E-state index in [0.717, 1.165) is 13.1 Å². The van der Waals surface area contributed by atoms with Gasteiger partial charge < -0.3 is 4.90 Å². The number of alkyl halides is 1. The second-order valence-corrected chi connectivity index (χ2v) is 3.60. The van der Waals surface area contributed by atoms with Crippen molar-refractivity contribution in [3.8, 4) is 0 Å². The van der Waals surface area contributed by atoms with Gasteiger partial charge in [0.15, 0.2) is 0 Å². The molecular weight excluding hydrogens is 184 g/mol. The molecule has 3 heteroatoms. The maximum Gasteiger partial charge on any atom is 0.0597 e. The molecule has 0 N–H and O–H groups in total. The molecular formula is C10H13ClN2. The van der Waals surface area contributed by atoms with E-state index in [0.29, 0.717) is 5.88 Å². The number of nitrogens with zero attached hydrogens (tertiary/aromatic N) is 2. The lowest BCUT2D eigenvalue weighted by atomic mass is 10.2. The molecule has 0 bridgehead atoms. The van der Waals surface area contributed by atoms with Gasteiger partial charge in [0.05, 0.1) is 11.9 Å². The number of aromatic nitrogens is 1. The van der Waals surface area contributed by atoms with Crippen LogP contribution in [-0.4, -0.2) is 18.1 Å². The van der Waals surface area contributed by atoms with Crippen LogP contribution in [0.3, 0.4) is 0 Å². The fourth-order valence-corrected chi connectivity index (χ4v) is 2.00. The summed E-state index contributed by atoms with van der Waals surface area (Å²) in [6, 6.07) is 2.00. The number of hydrogen-bond acceptors (Lipinski definition) is 2. The highest BCUT2D eigenvalue weighted by molar-refractivity contribution is 6.17. The molecule has 1 aliphatic heterocycles. The molecule has 1 aromatic rings. The molecule has 1 fully saturated rings. The van der Waals surface area contributed by atoms with Crippen LogP contribution in [0.25, 0.3) is 0 Å². The van der Waals surface area contributed by atoms with E-state index in [2.05, 4.69) is 9.88 Å². The van der Waals surface area contributed by atoms with E-state index in [4.69, 9.17) is 11.6 Å². The van der Waals surface area contributed by atoms with Gasteiger partial charge >= 0.3 is 0 Å². The Hall–Kier alpha value is -0.760. The maximum absolute atomic E-state index is 5.86. The molecule has 0 aliphatic carbocycles. The molecule has 2 nitrogen and oxygen atoms in total. The van der Waals surface area contributed by atoms with Gasteiger partial charge in [-0.2, -0.15) is 0 Å². The predicted octanol–water partition coefficient (Wildman–Crippen LogP) is 2.42. The maximum atomic E-state index is 5.86. The van der Waals surface area contributed by atoms with E-state index < -0.39 is 0 Å². The van der Waals surface area contributed by atoms with Gasteiger partial charge in [-0.1, -0.05) is 0 Å². The van der Waals surface area contributed by atoms with E-state index in [1.54, 1.807) is 6.20 Å². The summed E-state index contributed by atoms with van der Waals surface area (Å²) in [6.45, 7) is 2.30. The van der Waals surface area contributed by atoms with Crippen molar-refractivity contribution in [2.24, 2.45) is 0 Å². The van der Waals surface area contributed by atoms with Gasteiger partial charge in [-0.15, -0.1) is 11.6 Å². The van der Waals surface area contributed by atoms with Crippen LogP contribution >= 0.6 is 11.6 Å². The van der Waals surface area contributed by atoms with E-state index >= 15 is 0 Å². The third kappa shape index (κ3) is 1.78. The lowest BCUT2D eigenvalue weighted by Crippen LogP contribution is -2.19. The Morgan fingerprint density at radius 2 is 2.15 bits per heavy atom. The van der Waals surface area contributed by atoms with Crippen LogP contribution in [0.15, 0.2) is 18.5 Å². The van der Waals surface area contributed by atoms with Gasteiger partial charge in [0.2, 0.25) is 0 Å². The number of pyridine rings is 1. The van der Waals surface area contributed by atoms with Crippen molar-refractivity contribution < 1.29 is 0 Å². The van der Waals surface area contributed by atoms with Crippen LogP contribution in [0.1, 0.15) is 18.4 Å².